The van der Waals surface area contributed by atoms with E-state index < -0.39 is 0 Å². The number of hydrogen-bond donors (Lipinski definition) is 0. The van der Waals surface area contributed by atoms with Gasteiger partial charge in [-0.25, -0.2) is 0 Å². The van der Waals surface area contributed by atoms with Crippen molar-refractivity contribution in [2.75, 3.05) is 19.8 Å². The second-order valence-corrected chi connectivity index (χ2v) is 5.27. The van der Waals surface area contributed by atoms with Gasteiger partial charge in [0.25, 0.3) is 0 Å². The van der Waals surface area contributed by atoms with Crippen LogP contribution in [0.4, 0.5) is 0 Å². The van der Waals surface area contributed by atoms with E-state index in [4.69, 9.17) is 4.74 Å². The van der Waals surface area contributed by atoms with Gasteiger partial charge in [0.15, 0.2) is 0 Å². The second-order valence-electron chi connectivity index (χ2n) is 4.41. The van der Waals surface area contributed by atoms with Crippen LogP contribution in [0.25, 0.3) is 0 Å². The van der Waals surface area contributed by atoms with Crippen molar-refractivity contribution in [2.24, 2.45) is 16.8 Å². The molecule has 0 spiro atoms. The highest BCUT2D eigenvalue weighted by molar-refractivity contribution is 9.12. The van der Waals surface area contributed by atoms with Gasteiger partial charge in [-0.05, 0) is 54.0 Å². The van der Waals surface area contributed by atoms with Crippen LogP contribution in [-0.4, -0.2) is 26.0 Å². The molecule has 2 heterocycles. The first-order valence-electron chi connectivity index (χ1n) is 5.73. The van der Waals surface area contributed by atoms with Gasteiger partial charge in [0.1, 0.15) is 0 Å². The molecule has 2 nitrogen and oxygen atoms in total. The van der Waals surface area contributed by atoms with Crippen molar-refractivity contribution in [1.29, 1.82) is 0 Å². The van der Waals surface area contributed by atoms with E-state index in [0.29, 0.717) is 5.92 Å². The molecule has 1 atom stereocenters. The van der Waals surface area contributed by atoms with Gasteiger partial charge in [0.05, 0.1) is 0 Å². The zero-order valence-electron chi connectivity index (χ0n) is 9.21. The van der Waals surface area contributed by atoms with Crippen molar-refractivity contribution >= 4 is 22.1 Å². The third kappa shape index (κ3) is 2.70. The Kier molecular flexibility index (Phi) is 3.98. The minimum atomic E-state index is 0.700. The Balaban J connectivity index is 2.10. The third-order valence-electron chi connectivity index (χ3n) is 3.54. The van der Waals surface area contributed by atoms with Crippen LogP contribution in [0.5, 0.6) is 0 Å². The van der Waals surface area contributed by atoms with E-state index in [1.54, 1.807) is 0 Å². The highest BCUT2D eigenvalue weighted by Gasteiger charge is 2.26. The van der Waals surface area contributed by atoms with Gasteiger partial charge in [-0.1, -0.05) is 5.57 Å². The van der Waals surface area contributed by atoms with E-state index in [2.05, 4.69) is 27.8 Å². The molecule has 0 radical (unpaired) electrons. The zero-order valence-corrected chi connectivity index (χ0v) is 10.8. The molecule has 1 unspecified atom stereocenters. The van der Waals surface area contributed by atoms with E-state index >= 15 is 0 Å². The molecule has 15 heavy (non-hydrogen) atoms. The summed E-state index contributed by atoms with van der Waals surface area (Å²) < 4.78 is 6.62. The van der Waals surface area contributed by atoms with Gasteiger partial charge in [-0.2, -0.15) is 0 Å². The molecule has 0 saturated carbocycles. The summed E-state index contributed by atoms with van der Waals surface area (Å²) >= 11 is 3.61. The standard InChI is InChI=1S/C12H18BrNO/c1-9-11(2-5-14-8-12(9)13)10-3-6-15-7-4-10/h8,10-11H,2-7H2,1H3. The Labute approximate surface area is 99.9 Å². The first kappa shape index (κ1) is 11.3. The largest absolute Gasteiger partial charge is 0.381 e. The van der Waals surface area contributed by atoms with E-state index in [1.807, 2.05) is 6.21 Å². The van der Waals surface area contributed by atoms with Crippen molar-refractivity contribution in [1.82, 2.24) is 0 Å². The maximum Gasteiger partial charge on any atom is 0.0468 e. The van der Waals surface area contributed by atoms with E-state index in [9.17, 15) is 0 Å². The number of hydrogen-bond acceptors (Lipinski definition) is 2. The van der Waals surface area contributed by atoms with E-state index in [-0.39, 0.29) is 0 Å². The molecule has 2 aliphatic rings. The summed E-state index contributed by atoms with van der Waals surface area (Å²) in [7, 11) is 0. The molecule has 0 aromatic carbocycles. The lowest BCUT2D eigenvalue weighted by Crippen LogP contribution is -2.24. The van der Waals surface area contributed by atoms with Crippen LogP contribution in [-0.2, 0) is 4.74 Å². The van der Waals surface area contributed by atoms with Gasteiger partial charge in [-0.3, -0.25) is 4.99 Å². The summed E-state index contributed by atoms with van der Waals surface area (Å²) in [5.41, 5.74) is 1.48. The fourth-order valence-corrected chi connectivity index (χ4v) is 3.00. The van der Waals surface area contributed by atoms with Crippen molar-refractivity contribution in [3.8, 4) is 0 Å². The summed E-state index contributed by atoms with van der Waals surface area (Å²) in [6.07, 6.45) is 5.58. The highest BCUT2D eigenvalue weighted by Crippen LogP contribution is 2.35. The van der Waals surface area contributed by atoms with Crippen LogP contribution in [0.2, 0.25) is 0 Å². The van der Waals surface area contributed by atoms with Crippen LogP contribution >= 0.6 is 15.9 Å². The molecule has 0 aliphatic carbocycles. The summed E-state index contributed by atoms with van der Waals surface area (Å²) in [5.74, 6) is 1.50. The van der Waals surface area contributed by atoms with E-state index in [1.165, 1.54) is 29.3 Å². The Bertz CT molecular complexity index is 279. The first-order chi connectivity index (χ1) is 7.29. The van der Waals surface area contributed by atoms with Crippen LogP contribution in [0, 0.1) is 11.8 Å². The highest BCUT2D eigenvalue weighted by atomic mass is 79.9. The fourth-order valence-electron chi connectivity index (χ4n) is 2.56. The monoisotopic (exact) mass is 271 g/mol. The zero-order chi connectivity index (χ0) is 10.7. The topological polar surface area (TPSA) is 21.6 Å². The number of nitrogens with zero attached hydrogens (tertiary/aromatic N) is 1. The summed E-state index contributed by atoms with van der Waals surface area (Å²) in [4.78, 5) is 4.39. The third-order valence-corrected chi connectivity index (χ3v) is 4.37. The lowest BCUT2D eigenvalue weighted by atomic mass is 9.79. The van der Waals surface area contributed by atoms with Crippen molar-refractivity contribution in [3.63, 3.8) is 0 Å². The molecule has 1 saturated heterocycles. The molecular formula is C12H18BrNO. The van der Waals surface area contributed by atoms with Crippen molar-refractivity contribution in [3.05, 3.63) is 10.1 Å². The number of rotatable bonds is 1. The minimum Gasteiger partial charge on any atom is -0.381 e. The lowest BCUT2D eigenvalue weighted by Gasteiger charge is -2.30. The second kappa shape index (κ2) is 5.26. The average molecular weight is 272 g/mol. The summed E-state index contributed by atoms with van der Waals surface area (Å²) in [6.45, 7) is 5.08. The molecule has 0 aromatic rings. The van der Waals surface area contributed by atoms with Crippen LogP contribution < -0.4 is 0 Å². The molecular weight excluding hydrogens is 254 g/mol. The maximum absolute atomic E-state index is 5.42. The molecule has 1 fully saturated rings. The Morgan fingerprint density at radius 2 is 2.07 bits per heavy atom. The van der Waals surface area contributed by atoms with Crippen LogP contribution in [0.15, 0.2) is 15.0 Å². The SMILES string of the molecule is CC1=C(Br)C=NCCC1C1CCOCC1. The average Bonchev–Trinajstić information content (AvgIpc) is 2.44. The lowest BCUT2D eigenvalue weighted by molar-refractivity contribution is 0.0513. The molecule has 0 N–H and O–H groups in total. The molecule has 84 valence electrons. The normalized spacial score (nSPS) is 29.3. The Hall–Kier alpha value is -0.150. The van der Waals surface area contributed by atoms with Gasteiger partial charge in [-0.15, -0.1) is 0 Å². The van der Waals surface area contributed by atoms with Gasteiger partial charge in [0, 0.05) is 30.5 Å². The van der Waals surface area contributed by atoms with Crippen LogP contribution in [0.3, 0.4) is 0 Å². The van der Waals surface area contributed by atoms with E-state index in [0.717, 1.165) is 25.7 Å². The Morgan fingerprint density at radius 3 is 2.80 bits per heavy atom. The predicted molar refractivity (Wildman–Crippen MR) is 66.6 cm³/mol. The summed E-state index contributed by atoms with van der Waals surface area (Å²) in [6, 6.07) is 0. The predicted octanol–water partition coefficient (Wildman–Crippen LogP) is 3.17. The first-order valence-corrected chi connectivity index (χ1v) is 6.52. The smallest absolute Gasteiger partial charge is 0.0468 e. The van der Waals surface area contributed by atoms with Crippen molar-refractivity contribution < 1.29 is 4.74 Å². The molecule has 0 amide bonds. The minimum absolute atomic E-state index is 0.700. The van der Waals surface area contributed by atoms with Gasteiger partial charge < -0.3 is 4.74 Å². The number of halogens is 1. The quantitative estimate of drug-likeness (QED) is 0.718. The fraction of sp³-hybridized carbons (Fsp3) is 0.750. The molecule has 2 rings (SSSR count). The Morgan fingerprint density at radius 1 is 1.33 bits per heavy atom. The molecule has 2 aliphatic heterocycles. The van der Waals surface area contributed by atoms with Gasteiger partial charge >= 0.3 is 0 Å². The summed E-state index contributed by atoms with van der Waals surface area (Å²) in [5, 5.41) is 0. The maximum atomic E-state index is 5.42. The molecule has 0 bridgehead atoms. The number of allylic oxidation sites excluding steroid dienone is 2. The number of aliphatic imine (C=N–C) groups is 1. The molecule has 0 aromatic heterocycles. The molecule has 3 heteroatoms. The number of ether oxygens (including phenoxy) is 1. The van der Waals surface area contributed by atoms with Crippen LogP contribution in [0.1, 0.15) is 26.2 Å². The van der Waals surface area contributed by atoms with Crippen molar-refractivity contribution in [2.45, 2.75) is 26.2 Å². The van der Waals surface area contributed by atoms with Gasteiger partial charge in [0.2, 0.25) is 0 Å².